The Balaban J connectivity index is 4.79. The summed E-state index contributed by atoms with van der Waals surface area (Å²) in [5.41, 5.74) is -0.884. The summed E-state index contributed by atoms with van der Waals surface area (Å²) < 4.78 is 42.9. The lowest BCUT2D eigenvalue weighted by Crippen LogP contribution is -2.49. The first-order valence-corrected chi connectivity index (χ1v) is 4.93. The summed E-state index contributed by atoms with van der Waals surface area (Å²) in [5, 5.41) is 0. The summed E-state index contributed by atoms with van der Waals surface area (Å²) in [6, 6.07) is -2.14. The number of aldehydes is 1. The van der Waals surface area contributed by atoms with Crippen molar-refractivity contribution in [2.75, 3.05) is 7.05 Å². The quantitative estimate of drug-likeness (QED) is 0.722. The van der Waals surface area contributed by atoms with Crippen LogP contribution in [0.2, 0.25) is 0 Å². The zero-order valence-electron chi connectivity index (χ0n) is 10.1. The molecule has 0 heterocycles. The van der Waals surface area contributed by atoms with Gasteiger partial charge in [-0.2, -0.15) is 0 Å². The van der Waals surface area contributed by atoms with Gasteiger partial charge in [0.2, 0.25) is 0 Å². The smallest absolute Gasteiger partial charge is 0.410 e. The molecular weight excluding hydrogens is 239 g/mol. The van der Waals surface area contributed by atoms with E-state index in [1.807, 2.05) is 0 Å². The summed E-state index contributed by atoms with van der Waals surface area (Å²) in [7, 11) is 0.959. The molecule has 0 radical (unpaired) electrons. The maximum atomic E-state index is 13.0. The number of carbonyl (C=O) groups excluding carboxylic acids is 2. The van der Waals surface area contributed by atoms with Gasteiger partial charge in [-0.3, -0.25) is 4.90 Å². The summed E-state index contributed by atoms with van der Waals surface area (Å²) in [6.07, 6.45) is -7.00. The van der Waals surface area contributed by atoms with E-state index in [0.29, 0.717) is 4.90 Å². The fraction of sp³-hybridized carbons (Fsp3) is 0.800. The normalized spacial score (nSPS) is 15.3. The second-order valence-corrected chi connectivity index (χ2v) is 4.50. The largest absolute Gasteiger partial charge is 0.444 e. The molecule has 17 heavy (non-hydrogen) atoms. The van der Waals surface area contributed by atoms with E-state index in [9.17, 15) is 22.8 Å². The van der Waals surface area contributed by atoms with Crippen LogP contribution in [0.5, 0.6) is 0 Å². The third-order valence-electron chi connectivity index (χ3n) is 1.84. The number of halogens is 3. The van der Waals surface area contributed by atoms with E-state index in [1.165, 1.54) is 0 Å². The topological polar surface area (TPSA) is 46.6 Å². The zero-order valence-corrected chi connectivity index (χ0v) is 10.1. The lowest BCUT2D eigenvalue weighted by molar-refractivity contribution is -0.117. The molecule has 100 valence electrons. The molecule has 7 heteroatoms. The highest BCUT2D eigenvalue weighted by atomic mass is 19.3. The molecule has 0 fully saturated rings. The molecule has 1 amide bonds. The molecule has 0 bridgehead atoms. The molecule has 0 aromatic carbocycles. The number of carbonyl (C=O) groups is 2. The number of ether oxygens (including phenoxy) is 1. The first-order chi connectivity index (χ1) is 7.60. The van der Waals surface area contributed by atoms with Crippen molar-refractivity contribution in [1.29, 1.82) is 0 Å². The van der Waals surface area contributed by atoms with Crippen molar-refractivity contribution in [2.24, 2.45) is 0 Å². The maximum Gasteiger partial charge on any atom is 0.410 e. The molecule has 2 unspecified atom stereocenters. The highest BCUT2D eigenvalue weighted by Crippen LogP contribution is 2.17. The fourth-order valence-electron chi connectivity index (χ4n) is 1.06. The minimum absolute atomic E-state index is 0.266. The van der Waals surface area contributed by atoms with Crippen LogP contribution in [0.25, 0.3) is 0 Å². The van der Waals surface area contributed by atoms with Crippen molar-refractivity contribution in [2.45, 2.75) is 45.0 Å². The fourth-order valence-corrected chi connectivity index (χ4v) is 1.06. The molecular formula is C10H16F3NO3. The van der Waals surface area contributed by atoms with Crippen LogP contribution < -0.4 is 0 Å². The van der Waals surface area contributed by atoms with Crippen molar-refractivity contribution >= 4 is 12.4 Å². The van der Waals surface area contributed by atoms with Gasteiger partial charge in [0, 0.05) is 7.05 Å². The Morgan fingerprint density at radius 3 is 2.06 bits per heavy atom. The van der Waals surface area contributed by atoms with E-state index in [1.54, 1.807) is 20.8 Å². The average Bonchev–Trinajstić information content (AvgIpc) is 2.14. The van der Waals surface area contributed by atoms with Crippen LogP contribution in [0.15, 0.2) is 0 Å². The SMILES string of the molecule is CN(C(=O)OC(C)(C)C)C(C(F)F)C(F)C=O. The molecule has 4 nitrogen and oxygen atoms in total. The van der Waals surface area contributed by atoms with Gasteiger partial charge >= 0.3 is 6.09 Å². The third kappa shape index (κ3) is 5.06. The molecule has 0 aromatic rings. The predicted octanol–water partition coefficient (Wildman–Crippen LogP) is 2.02. The number of rotatable bonds is 4. The maximum absolute atomic E-state index is 13.0. The molecule has 0 rings (SSSR count). The van der Waals surface area contributed by atoms with Crippen LogP contribution in [0.4, 0.5) is 18.0 Å². The highest BCUT2D eigenvalue weighted by Gasteiger charge is 2.37. The predicted molar refractivity (Wildman–Crippen MR) is 54.7 cm³/mol. The summed E-state index contributed by atoms with van der Waals surface area (Å²) in [5.74, 6) is 0. The molecule has 0 N–H and O–H groups in total. The Morgan fingerprint density at radius 2 is 1.76 bits per heavy atom. The summed E-state index contributed by atoms with van der Waals surface area (Å²) >= 11 is 0. The lowest BCUT2D eigenvalue weighted by atomic mass is 10.2. The van der Waals surface area contributed by atoms with Crippen molar-refractivity contribution < 1.29 is 27.5 Å². The van der Waals surface area contributed by atoms with Crippen molar-refractivity contribution in [3.63, 3.8) is 0 Å². The first-order valence-electron chi connectivity index (χ1n) is 4.93. The minimum Gasteiger partial charge on any atom is -0.444 e. The van der Waals surface area contributed by atoms with Crippen molar-refractivity contribution in [3.05, 3.63) is 0 Å². The second kappa shape index (κ2) is 5.88. The van der Waals surface area contributed by atoms with Crippen LogP contribution in [-0.2, 0) is 9.53 Å². The van der Waals surface area contributed by atoms with Crippen LogP contribution in [0.3, 0.4) is 0 Å². The van der Waals surface area contributed by atoms with E-state index >= 15 is 0 Å². The van der Waals surface area contributed by atoms with E-state index in [-0.39, 0.29) is 6.29 Å². The number of nitrogens with zero attached hydrogens (tertiary/aromatic N) is 1. The van der Waals surface area contributed by atoms with Gasteiger partial charge in [-0.25, -0.2) is 18.0 Å². The Hall–Kier alpha value is -1.27. The number of hydrogen-bond acceptors (Lipinski definition) is 3. The van der Waals surface area contributed by atoms with Gasteiger partial charge in [-0.05, 0) is 20.8 Å². The summed E-state index contributed by atoms with van der Waals surface area (Å²) in [4.78, 5) is 22.0. The number of hydrogen-bond donors (Lipinski definition) is 0. The first kappa shape index (κ1) is 15.7. The number of alkyl halides is 3. The Morgan fingerprint density at radius 1 is 1.29 bits per heavy atom. The molecule has 0 saturated carbocycles. The van der Waals surface area contributed by atoms with Gasteiger partial charge in [0.25, 0.3) is 6.43 Å². The molecule has 0 aromatic heterocycles. The van der Waals surface area contributed by atoms with Gasteiger partial charge in [0.05, 0.1) is 0 Å². The monoisotopic (exact) mass is 255 g/mol. The van der Waals surface area contributed by atoms with Gasteiger partial charge in [0.15, 0.2) is 12.5 Å². The molecule has 0 aliphatic heterocycles. The van der Waals surface area contributed by atoms with Crippen molar-refractivity contribution in [1.82, 2.24) is 4.90 Å². The standard InChI is InChI=1S/C10H16F3NO3/c1-10(2,3)17-9(16)14(4)7(8(12)13)6(11)5-15/h5-8H,1-4H3. The molecule has 2 atom stereocenters. The number of amides is 1. The summed E-state index contributed by atoms with van der Waals surface area (Å²) in [6.45, 7) is 4.63. The van der Waals surface area contributed by atoms with Crippen LogP contribution in [0.1, 0.15) is 20.8 Å². The average molecular weight is 255 g/mol. The van der Waals surface area contributed by atoms with Gasteiger partial charge in [-0.1, -0.05) is 0 Å². The van der Waals surface area contributed by atoms with Crippen LogP contribution in [-0.4, -0.2) is 48.6 Å². The molecule has 0 saturated heterocycles. The van der Waals surface area contributed by atoms with Gasteiger partial charge in [0.1, 0.15) is 11.6 Å². The van der Waals surface area contributed by atoms with Gasteiger partial charge < -0.3 is 9.53 Å². The Bertz CT molecular complexity index is 278. The Kier molecular flexibility index (Phi) is 5.44. The van der Waals surface area contributed by atoms with E-state index in [4.69, 9.17) is 4.74 Å². The minimum atomic E-state index is -3.17. The van der Waals surface area contributed by atoms with E-state index < -0.39 is 30.3 Å². The molecule has 0 spiro atoms. The molecule has 0 aliphatic rings. The third-order valence-corrected chi connectivity index (χ3v) is 1.84. The lowest BCUT2D eigenvalue weighted by Gasteiger charge is -2.30. The van der Waals surface area contributed by atoms with E-state index in [2.05, 4.69) is 0 Å². The second-order valence-electron chi connectivity index (χ2n) is 4.50. The van der Waals surface area contributed by atoms with E-state index in [0.717, 1.165) is 7.05 Å². The highest BCUT2D eigenvalue weighted by molar-refractivity contribution is 5.69. The van der Waals surface area contributed by atoms with Crippen molar-refractivity contribution in [3.8, 4) is 0 Å². The van der Waals surface area contributed by atoms with Crippen LogP contribution >= 0.6 is 0 Å². The van der Waals surface area contributed by atoms with Gasteiger partial charge in [-0.15, -0.1) is 0 Å². The zero-order chi connectivity index (χ0) is 13.8. The molecule has 0 aliphatic carbocycles. The van der Waals surface area contributed by atoms with Crippen LogP contribution in [0, 0.1) is 0 Å². The Labute approximate surface area is 97.7 Å².